The lowest BCUT2D eigenvalue weighted by Crippen LogP contribution is -2.34. The molecule has 0 aliphatic carbocycles. The van der Waals surface area contributed by atoms with Crippen LogP contribution in [-0.4, -0.2) is 24.8 Å². The van der Waals surface area contributed by atoms with E-state index in [1.165, 1.54) is 6.21 Å². The van der Waals surface area contributed by atoms with Crippen LogP contribution in [0, 0.1) is 0 Å². The average molecular weight is 346 g/mol. The predicted octanol–water partition coefficient (Wildman–Crippen LogP) is 3.69. The van der Waals surface area contributed by atoms with Gasteiger partial charge in [0, 0.05) is 16.3 Å². The fraction of sp³-hybridized carbons (Fsp3) is 0.222. The van der Waals surface area contributed by atoms with Crippen LogP contribution in [0.4, 0.5) is 5.69 Å². The Morgan fingerprint density at radius 1 is 1.25 bits per heavy atom. The number of anilines is 1. The molecule has 2 N–H and O–H groups in total. The summed E-state index contributed by atoms with van der Waals surface area (Å²) < 4.78 is 5.38. The molecular formula is C18H20ClN3O2. The molecule has 1 atom stereocenters. The van der Waals surface area contributed by atoms with E-state index in [2.05, 4.69) is 15.8 Å². The molecule has 24 heavy (non-hydrogen) atoms. The minimum atomic E-state index is -0.439. The number of ether oxygens (including phenoxy) is 1. The fourth-order valence-electron chi connectivity index (χ4n) is 1.97. The molecule has 0 radical (unpaired) electrons. The van der Waals surface area contributed by atoms with Gasteiger partial charge in [0.05, 0.1) is 12.8 Å². The van der Waals surface area contributed by atoms with Gasteiger partial charge in [0.2, 0.25) is 0 Å². The highest BCUT2D eigenvalue weighted by Crippen LogP contribution is 2.16. The zero-order valence-electron chi connectivity index (χ0n) is 13.6. The van der Waals surface area contributed by atoms with E-state index in [4.69, 9.17) is 16.3 Å². The van der Waals surface area contributed by atoms with Gasteiger partial charge in [-0.3, -0.25) is 4.79 Å². The van der Waals surface area contributed by atoms with Gasteiger partial charge in [-0.1, -0.05) is 29.8 Å². The monoisotopic (exact) mass is 345 g/mol. The van der Waals surface area contributed by atoms with Crippen molar-refractivity contribution in [2.75, 3.05) is 11.9 Å². The van der Waals surface area contributed by atoms with E-state index < -0.39 is 6.04 Å². The van der Waals surface area contributed by atoms with E-state index in [0.717, 1.165) is 17.0 Å². The highest BCUT2D eigenvalue weighted by atomic mass is 35.5. The molecule has 1 amide bonds. The summed E-state index contributed by atoms with van der Waals surface area (Å²) >= 11 is 6.02. The van der Waals surface area contributed by atoms with E-state index in [9.17, 15) is 4.79 Å². The number of hydrogen-bond donors (Lipinski definition) is 2. The van der Waals surface area contributed by atoms with Gasteiger partial charge in [0.1, 0.15) is 11.8 Å². The van der Waals surface area contributed by atoms with Crippen LogP contribution in [0.1, 0.15) is 19.4 Å². The summed E-state index contributed by atoms with van der Waals surface area (Å²) in [6, 6.07) is 14.3. The van der Waals surface area contributed by atoms with E-state index in [-0.39, 0.29) is 5.91 Å². The lowest BCUT2D eigenvalue weighted by atomic mass is 10.2. The molecule has 126 valence electrons. The van der Waals surface area contributed by atoms with E-state index in [1.54, 1.807) is 13.0 Å². The average Bonchev–Trinajstić information content (AvgIpc) is 2.58. The standard InChI is InChI=1S/C18H20ClN3O2/c1-3-24-16-10-8-15(9-11-16)21-13(2)18(23)22-20-12-14-6-4-5-7-17(14)19/h4-13,21H,3H2,1-2H3,(H,22,23). The number of nitrogens with zero attached hydrogens (tertiary/aromatic N) is 1. The van der Waals surface area contributed by atoms with Crippen molar-refractivity contribution < 1.29 is 9.53 Å². The lowest BCUT2D eigenvalue weighted by molar-refractivity contribution is -0.121. The van der Waals surface area contributed by atoms with Crippen LogP contribution in [0.25, 0.3) is 0 Å². The first-order chi connectivity index (χ1) is 11.6. The molecule has 0 saturated carbocycles. The Bertz CT molecular complexity index is 702. The molecule has 5 nitrogen and oxygen atoms in total. The van der Waals surface area contributed by atoms with E-state index >= 15 is 0 Å². The van der Waals surface area contributed by atoms with Crippen molar-refractivity contribution in [3.8, 4) is 5.75 Å². The van der Waals surface area contributed by atoms with Crippen molar-refractivity contribution in [3.05, 3.63) is 59.1 Å². The Hall–Kier alpha value is -2.53. The van der Waals surface area contributed by atoms with Crippen LogP contribution in [-0.2, 0) is 4.79 Å². The van der Waals surface area contributed by atoms with Crippen LogP contribution >= 0.6 is 11.6 Å². The van der Waals surface area contributed by atoms with Gasteiger partial charge in [-0.05, 0) is 44.2 Å². The second-order valence-corrected chi connectivity index (χ2v) is 5.49. The zero-order valence-corrected chi connectivity index (χ0v) is 14.4. The molecule has 2 rings (SSSR count). The maximum atomic E-state index is 12.0. The number of benzene rings is 2. The Kier molecular flexibility index (Phi) is 6.63. The minimum Gasteiger partial charge on any atom is -0.494 e. The fourth-order valence-corrected chi connectivity index (χ4v) is 2.16. The van der Waals surface area contributed by atoms with E-state index in [1.807, 2.05) is 49.4 Å². The van der Waals surface area contributed by atoms with Gasteiger partial charge in [-0.25, -0.2) is 5.43 Å². The van der Waals surface area contributed by atoms with Gasteiger partial charge in [-0.2, -0.15) is 5.10 Å². The Morgan fingerprint density at radius 3 is 2.62 bits per heavy atom. The molecule has 0 heterocycles. The minimum absolute atomic E-state index is 0.243. The summed E-state index contributed by atoms with van der Waals surface area (Å²) in [6.07, 6.45) is 1.52. The number of amides is 1. The highest BCUT2D eigenvalue weighted by molar-refractivity contribution is 6.33. The molecule has 6 heteroatoms. The summed E-state index contributed by atoms with van der Waals surface area (Å²) in [7, 11) is 0. The molecule has 0 aliphatic heterocycles. The molecular weight excluding hydrogens is 326 g/mol. The van der Waals surface area contributed by atoms with Crippen LogP contribution in [0.15, 0.2) is 53.6 Å². The molecule has 0 aliphatic rings. The van der Waals surface area contributed by atoms with Crippen LogP contribution in [0.2, 0.25) is 5.02 Å². The molecule has 0 fully saturated rings. The number of nitrogens with one attached hydrogen (secondary N) is 2. The van der Waals surface area contributed by atoms with Crippen LogP contribution < -0.4 is 15.5 Å². The quantitative estimate of drug-likeness (QED) is 0.594. The van der Waals surface area contributed by atoms with Gasteiger partial charge >= 0.3 is 0 Å². The van der Waals surface area contributed by atoms with Crippen molar-refractivity contribution in [1.82, 2.24) is 5.43 Å². The third-order valence-corrected chi connectivity index (χ3v) is 3.57. The van der Waals surface area contributed by atoms with Gasteiger partial charge in [0.25, 0.3) is 5.91 Å². The number of carbonyl (C=O) groups is 1. The van der Waals surface area contributed by atoms with Crippen molar-refractivity contribution in [2.24, 2.45) is 5.10 Å². The number of hydrogen-bond acceptors (Lipinski definition) is 4. The molecule has 2 aromatic carbocycles. The first-order valence-corrected chi connectivity index (χ1v) is 8.04. The third kappa shape index (κ3) is 5.28. The Labute approximate surface area is 146 Å². The number of hydrazone groups is 1. The van der Waals surface area contributed by atoms with Crippen molar-refractivity contribution in [1.29, 1.82) is 0 Å². The SMILES string of the molecule is CCOc1ccc(NC(C)C(=O)NN=Cc2ccccc2Cl)cc1. The zero-order chi connectivity index (χ0) is 17.4. The first kappa shape index (κ1) is 17.8. The first-order valence-electron chi connectivity index (χ1n) is 7.67. The second kappa shape index (κ2) is 8.93. The second-order valence-electron chi connectivity index (χ2n) is 5.08. The summed E-state index contributed by atoms with van der Waals surface area (Å²) in [6.45, 7) is 4.31. The number of halogens is 1. The largest absolute Gasteiger partial charge is 0.494 e. The maximum absolute atomic E-state index is 12.0. The van der Waals surface area contributed by atoms with Gasteiger partial charge in [-0.15, -0.1) is 0 Å². The smallest absolute Gasteiger partial charge is 0.262 e. The van der Waals surface area contributed by atoms with E-state index in [0.29, 0.717) is 11.6 Å². The molecule has 2 aromatic rings. The number of rotatable bonds is 7. The molecule has 0 saturated heterocycles. The van der Waals surface area contributed by atoms with Crippen LogP contribution in [0.3, 0.4) is 0 Å². The molecule has 0 aromatic heterocycles. The predicted molar refractivity (Wildman–Crippen MR) is 97.9 cm³/mol. The normalized spacial score (nSPS) is 12.0. The van der Waals surface area contributed by atoms with Crippen LogP contribution in [0.5, 0.6) is 5.75 Å². The van der Waals surface area contributed by atoms with Gasteiger partial charge < -0.3 is 10.1 Å². The van der Waals surface area contributed by atoms with Gasteiger partial charge in [0.15, 0.2) is 0 Å². The van der Waals surface area contributed by atoms with Crippen molar-refractivity contribution >= 4 is 29.4 Å². The molecule has 1 unspecified atom stereocenters. The van der Waals surface area contributed by atoms with Crippen molar-refractivity contribution in [3.63, 3.8) is 0 Å². The lowest BCUT2D eigenvalue weighted by Gasteiger charge is -2.14. The molecule has 0 bridgehead atoms. The third-order valence-electron chi connectivity index (χ3n) is 3.23. The summed E-state index contributed by atoms with van der Waals surface area (Å²) in [5.41, 5.74) is 4.07. The number of carbonyl (C=O) groups excluding carboxylic acids is 1. The maximum Gasteiger partial charge on any atom is 0.262 e. The summed E-state index contributed by atoms with van der Waals surface area (Å²) in [4.78, 5) is 12.0. The Balaban J connectivity index is 1.86. The summed E-state index contributed by atoms with van der Waals surface area (Å²) in [5, 5.41) is 7.62. The molecule has 0 spiro atoms. The Morgan fingerprint density at radius 2 is 1.96 bits per heavy atom. The highest BCUT2D eigenvalue weighted by Gasteiger charge is 2.11. The summed E-state index contributed by atoms with van der Waals surface area (Å²) in [5.74, 6) is 0.552. The van der Waals surface area contributed by atoms with Crippen molar-refractivity contribution in [2.45, 2.75) is 19.9 Å². The topological polar surface area (TPSA) is 62.7 Å².